The normalized spacial score (nSPS) is 12.1. The highest BCUT2D eigenvalue weighted by Gasteiger charge is 2.10. The van der Waals surface area contributed by atoms with Gasteiger partial charge in [-0.05, 0) is 42.6 Å². The molecular weight excluding hydrogens is 258 g/mol. The van der Waals surface area contributed by atoms with Crippen molar-refractivity contribution in [3.8, 4) is 5.75 Å². The Balaban J connectivity index is 2.02. The summed E-state index contributed by atoms with van der Waals surface area (Å²) in [5, 5.41) is 0. The first-order valence-electron chi connectivity index (χ1n) is 7.80. The van der Waals surface area contributed by atoms with Gasteiger partial charge in [0.15, 0.2) is 0 Å². The molecule has 2 nitrogen and oxygen atoms in total. The van der Waals surface area contributed by atoms with E-state index in [1.165, 1.54) is 11.1 Å². The van der Waals surface area contributed by atoms with Crippen LogP contribution in [0.5, 0.6) is 5.75 Å². The van der Waals surface area contributed by atoms with Gasteiger partial charge in [0.05, 0.1) is 6.61 Å². The maximum atomic E-state index is 5.96. The quantitative estimate of drug-likeness (QED) is 0.739. The smallest absolute Gasteiger partial charge is 0.119 e. The van der Waals surface area contributed by atoms with Crippen LogP contribution in [0, 0.1) is 0 Å². The molecule has 0 aliphatic heterocycles. The summed E-state index contributed by atoms with van der Waals surface area (Å²) in [5.41, 5.74) is 8.54. The van der Waals surface area contributed by atoms with Crippen molar-refractivity contribution in [2.24, 2.45) is 5.73 Å². The molecular formula is C19H25NO. The molecule has 2 aromatic rings. The molecule has 0 amide bonds. The fourth-order valence-electron chi connectivity index (χ4n) is 2.44. The van der Waals surface area contributed by atoms with Gasteiger partial charge >= 0.3 is 0 Å². The molecule has 0 saturated carbocycles. The maximum absolute atomic E-state index is 5.96. The van der Waals surface area contributed by atoms with Crippen LogP contribution in [-0.2, 0) is 6.42 Å². The maximum Gasteiger partial charge on any atom is 0.119 e. The van der Waals surface area contributed by atoms with E-state index in [0.29, 0.717) is 12.5 Å². The Bertz CT molecular complexity index is 524. The Hall–Kier alpha value is -1.80. The molecule has 0 bridgehead atoms. The van der Waals surface area contributed by atoms with Crippen molar-refractivity contribution in [2.75, 3.05) is 13.2 Å². The summed E-state index contributed by atoms with van der Waals surface area (Å²) in [6.45, 7) is 3.62. The third-order valence-corrected chi connectivity index (χ3v) is 3.70. The van der Waals surface area contributed by atoms with Crippen LogP contribution in [0.2, 0.25) is 0 Å². The van der Waals surface area contributed by atoms with E-state index in [1.807, 2.05) is 12.1 Å². The zero-order chi connectivity index (χ0) is 14.9. The summed E-state index contributed by atoms with van der Waals surface area (Å²) in [6.07, 6.45) is 3.20. The molecule has 21 heavy (non-hydrogen) atoms. The topological polar surface area (TPSA) is 35.2 Å². The van der Waals surface area contributed by atoms with Crippen LogP contribution in [-0.4, -0.2) is 13.2 Å². The Labute approximate surface area is 127 Å². The fourth-order valence-corrected chi connectivity index (χ4v) is 2.44. The van der Waals surface area contributed by atoms with Crippen LogP contribution < -0.4 is 10.5 Å². The molecule has 1 unspecified atom stereocenters. The summed E-state index contributed by atoms with van der Waals surface area (Å²) < 4.78 is 5.78. The van der Waals surface area contributed by atoms with E-state index in [1.54, 1.807) is 0 Å². The molecule has 0 aliphatic carbocycles. The molecule has 2 aromatic carbocycles. The lowest BCUT2D eigenvalue weighted by Crippen LogP contribution is -2.15. The second-order valence-corrected chi connectivity index (χ2v) is 5.40. The summed E-state index contributed by atoms with van der Waals surface area (Å²) in [5.74, 6) is 1.32. The second-order valence-electron chi connectivity index (χ2n) is 5.40. The third kappa shape index (κ3) is 4.91. The predicted molar refractivity (Wildman–Crippen MR) is 88.8 cm³/mol. The van der Waals surface area contributed by atoms with E-state index in [9.17, 15) is 0 Å². The molecule has 0 aromatic heterocycles. The van der Waals surface area contributed by atoms with E-state index < -0.39 is 0 Å². The van der Waals surface area contributed by atoms with Gasteiger partial charge in [-0.2, -0.15) is 0 Å². The Morgan fingerprint density at radius 2 is 1.86 bits per heavy atom. The first-order chi connectivity index (χ1) is 10.3. The van der Waals surface area contributed by atoms with E-state index in [-0.39, 0.29) is 0 Å². The molecule has 0 saturated heterocycles. The molecule has 2 heteroatoms. The van der Waals surface area contributed by atoms with Crippen molar-refractivity contribution in [2.45, 2.75) is 32.1 Å². The predicted octanol–water partition coefficient (Wildman–Crippen LogP) is 4.15. The van der Waals surface area contributed by atoms with Crippen LogP contribution in [0.1, 0.15) is 36.8 Å². The standard InChI is InChI=1S/C19H25NO/c1-2-3-12-21-19-11-7-8-16(14-19)13-18(15-20)17-9-5-4-6-10-17/h4-11,14,18H,2-3,12-13,15,20H2,1H3. The van der Waals surface area contributed by atoms with E-state index >= 15 is 0 Å². The molecule has 112 valence electrons. The van der Waals surface area contributed by atoms with Crippen molar-refractivity contribution in [3.63, 3.8) is 0 Å². The third-order valence-electron chi connectivity index (χ3n) is 3.70. The molecule has 2 N–H and O–H groups in total. The van der Waals surface area contributed by atoms with Gasteiger partial charge in [0.1, 0.15) is 5.75 Å². The number of hydrogen-bond donors (Lipinski definition) is 1. The lowest BCUT2D eigenvalue weighted by molar-refractivity contribution is 0.309. The molecule has 0 fully saturated rings. The largest absolute Gasteiger partial charge is 0.494 e. The highest BCUT2D eigenvalue weighted by molar-refractivity contribution is 5.31. The van der Waals surface area contributed by atoms with Crippen LogP contribution in [0.4, 0.5) is 0 Å². The fraction of sp³-hybridized carbons (Fsp3) is 0.368. The van der Waals surface area contributed by atoms with Gasteiger partial charge in [-0.25, -0.2) is 0 Å². The minimum atomic E-state index is 0.358. The van der Waals surface area contributed by atoms with Gasteiger partial charge in [0.25, 0.3) is 0 Å². The van der Waals surface area contributed by atoms with Gasteiger partial charge in [0.2, 0.25) is 0 Å². The summed E-state index contributed by atoms with van der Waals surface area (Å²) in [4.78, 5) is 0. The minimum absolute atomic E-state index is 0.358. The van der Waals surface area contributed by atoms with E-state index in [2.05, 4.69) is 49.4 Å². The summed E-state index contributed by atoms with van der Waals surface area (Å²) in [6, 6.07) is 18.9. The van der Waals surface area contributed by atoms with Crippen LogP contribution >= 0.6 is 0 Å². The lowest BCUT2D eigenvalue weighted by atomic mass is 9.92. The SMILES string of the molecule is CCCCOc1cccc(CC(CN)c2ccccc2)c1. The number of nitrogens with two attached hydrogens (primary N) is 1. The van der Waals surface area contributed by atoms with Crippen LogP contribution in [0.25, 0.3) is 0 Å². The Morgan fingerprint density at radius 3 is 2.57 bits per heavy atom. The zero-order valence-electron chi connectivity index (χ0n) is 12.8. The molecule has 1 atom stereocenters. The summed E-state index contributed by atoms with van der Waals surface area (Å²) in [7, 11) is 0. The number of rotatable bonds is 8. The second kappa shape index (κ2) is 8.48. The van der Waals surface area contributed by atoms with Crippen LogP contribution in [0.15, 0.2) is 54.6 Å². The first kappa shape index (κ1) is 15.6. The van der Waals surface area contributed by atoms with Gasteiger partial charge in [0, 0.05) is 5.92 Å². The number of hydrogen-bond acceptors (Lipinski definition) is 2. The Kier molecular flexibility index (Phi) is 6.29. The number of benzene rings is 2. The van der Waals surface area contributed by atoms with Crippen molar-refractivity contribution >= 4 is 0 Å². The average molecular weight is 283 g/mol. The van der Waals surface area contributed by atoms with Gasteiger partial charge in [-0.15, -0.1) is 0 Å². The van der Waals surface area contributed by atoms with Crippen molar-refractivity contribution in [1.82, 2.24) is 0 Å². The minimum Gasteiger partial charge on any atom is -0.494 e. The highest BCUT2D eigenvalue weighted by atomic mass is 16.5. The van der Waals surface area contributed by atoms with Crippen molar-refractivity contribution in [1.29, 1.82) is 0 Å². The molecule has 0 spiro atoms. The average Bonchev–Trinajstić information content (AvgIpc) is 2.54. The van der Waals surface area contributed by atoms with Gasteiger partial charge < -0.3 is 10.5 Å². The number of ether oxygens (including phenoxy) is 1. The molecule has 0 aliphatic rings. The number of unbranched alkanes of at least 4 members (excludes halogenated alkanes) is 1. The first-order valence-corrected chi connectivity index (χ1v) is 7.80. The molecule has 2 rings (SSSR count). The van der Waals surface area contributed by atoms with Crippen molar-refractivity contribution in [3.05, 3.63) is 65.7 Å². The summed E-state index contributed by atoms with van der Waals surface area (Å²) >= 11 is 0. The zero-order valence-corrected chi connectivity index (χ0v) is 12.8. The molecule has 0 heterocycles. The molecule has 0 radical (unpaired) electrons. The van der Waals surface area contributed by atoms with Crippen LogP contribution in [0.3, 0.4) is 0 Å². The van der Waals surface area contributed by atoms with Gasteiger partial charge in [-0.3, -0.25) is 0 Å². The van der Waals surface area contributed by atoms with Gasteiger partial charge in [-0.1, -0.05) is 55.8 Å². The van der Waals surface area contributed by atoms with Crippen molar-refractivity contribution < 1.29 is 4.74 Å². The lowest BCUT2D eigenvalue weighted by Gasteiger charge is -2.16. The Morgan fingerprint density at radius 1 is 1.05 bits per heavy atom. The highest BCUT2D eigenvalue weighted by Crippen LogP contribution is 2.22. The van der Waals surface area contributed by atoms with E-state index in [0.717, 1.165) is 31.6 Å². The monoisotopic (exact) mass is 283 g/mol. The van der Waals surface area contributed by atoms with E-state index in [4.69, 9.17) is 10.5 Å².